The molecule has 1 N–H and O–H groups in total. The van der Waals surface area contributed by atoms with Crippen molar-refractivity contribution in [3.05, 3.63) is 29.8 Å². The molecule has 0 spiro atoms. The number of rotatable bonds is 1. The van der Waals surface area contributed by atoms with Gasteiger partial charge in [0.15, 0.2) is 0 Å². The highest BCUT2D eigenvalue weighted by atomic mass is 32.2. The van der Waals surface area contributed by atoms with Gasteiger partial charge in [-0.2, -0.15) is 11.8 Å². The molecule has 0 saturated carbocycles. The number of benzene rings is 1. The molecule has 1 heterocycles. The summed E-state index contributed by atoms with van der Waals surface area (Å²) in [6.07, 6.45) is 2.49. The van der Waals surface area contributed by atoms with Gasteiger partial charge in [-0.25, -0.2) is 0 Å². The topological polar surface area (TPSA) is 20.2 Å². The minimum atomic E-state index is 0.455. The predicted molar refractivity (Wildman–Crippen MR) is 52.5 cm³/mol. The Labute approximate surface area is 76.8 Å². The van der Waals surface area contributed by atoms with Crippen molar-refractivity contribution < 1.29 is 5.11 Å². The van der Waals surface area contributed by atoms with Gasteiger partial charge >= 0.3 is 0 Å². The third-order valence-electron chi connectivity index (χ3n) is 2.21. The molecular weight excluding hydrogens is 168 g/mol. The van der Waals surface area contributed by atoms with E-state index >= 15 is 0 Å². The lowest BCUT2D eigenvalue weighted by Gasteiger charge is -2.09. The number of phenols is 1. The van der Waals surface area contributed by atoms with E-state index in [1.807, 2.05) is 30.0 Å². The summed E-state index contributed by atoms with van der Waals surface area (Å²) < 4.78 is 0. The number of hydrogen-bond donors (Lipinski definition) is 1. The fourth-order valence-corrected chi connectivity index (χ4v) is 2.91. The summed E-state index contributed by atoms with van der Waals surface area (Å²) in [4.78, 5) is 0. The third-order valence-corrected chi connectivity index (χ3v) is 3.63. The molecule has 1 aliphatic rings. The van der Waals surface area contributed by atoms with Crippen molar-refractivity contribution in [3.63, 3.8) is 0 Å². The van der Waals surface area contributed by atoms with Crippen molar-refractivity contribution >= 4 is 11.8 Å². The first-order chi connectivity index (χ1) is 5.88. The van der Waals surface area contributed by atoms with Crippen LogP contribution in [0.1, 0.15) is 23.7 Å². The van der Waals surface area contributed by atoms with Gasteiger partial charge in [0.2, 0.25) is 0 Å². The SMILES string of the molecule is Oc1ccccc1C1CCCS1. The van der Waals surface area contributed by atoms with Crippen LogP contribution in [0.4, 0.5) is 0 Å². The molecule has 1 atom stereocenters. The van der Waals surface area contributed by atoms with E-state index in [0.29, 0.717) is 11.0 Å². The fourth-order valence-electron chi connectivity index (χ4n) is 1.58. The van der Waals surface area contributed by atoms with Crippen LogP contribution in [0.25, 0.3) is 0 Å². The molecule has 1 saturated heterocycles. The first-order valence-electron chi connectivity index (χ1n) is 4.27. The van der Waals surface area contributed by atoms with Crippen LogP contribution in [0.15, 0.2) is 24.3 Å². The molecule has 1 aliphatic heterocycles. The highest BCUT2D eigenvalue weighted by Gasteiger charge is 2.19. The minimum Gasteiger partial charge on any atom is -0.508 e. The molecule has 0 amide bonds. The molecule has 0 radical (unpaired) electrons. The highest BCUT2D eigenvalue weighted by Crippen LogP contribution is 2.42. The second kappa shape index (κ2) is 3.40. The lowest BCUT2D eigenvalue weighted by atomic mass is 10.1. The van der Waals surface area contributed by atoms with Crippen molar-refractivity contribution in [2.24, 2.45) is 0 Å². The maximum absolute atomic E-state index is 9.56. The number of phenolic OH excluding ortho intramolecular Hbond substituents is 1. The summed E-state index contributed by atoms with van der Waals surface area (Å²) in [5.41, 5.74) is 1.11. The molecule has 2 rings (SSSR count). The molecule has 1 fully saturated rings. The standard InChI is InChI=1S/C10H12OS/c11-9-5-2-1-4-8(9)10-6-3-7-12-10/h1-2,4-5,10-11H,3,6-7H2. The zero-order chi connectivity index (χ0) is 8.39. The third kappa shape index (κ3) is 1.44. The molecule has 0 bridgehead atoms. The Bertz CT molecular complexity index is 266. The molecule has 12 heavy (non-hydrogen) atoms. The Kier molecular flexibility index (Phi) is 2.26. The van der Waals surface area contributed by atoms with Crippen LogP contribution in [-0.4, -0.2) is 10.9 Å². The number of para-hydroxylation sites is 1. The first-order valence-corrected chi connectivity index (χ1v) is 5.32. The van der Waals surface area contributed by atoms with Crippen molar-refractivity contribution in [2.75, 3.05) is 5.75 Å². The summed E-state index contributed by atoms with van der Waals surface area (Å²) in [6.45, 7) is 0. The lowest BCUT2D eigenvalue weighted by molar-refractivity contribution is 0.467. The van der Waals surface area contributed by atoms with Crippen molar-refractivity contribution in [3.8, 4) is 5.75 Å². The van der Waals surface area contributed by atoms with Gasteiger partial charge in [0.05, 0.1) is 0 Å². The number of hydrogen-bond acceptors (Lipinski definition) is 2. The lowest BCUT2D eigenvalue weighted by Crippen LogP contribution is -1.87. The van der Waals surface area contributed by atoms with Crippen LogP contribution in [0.3, 0.4) is 0 Å². The van der Waals surface area contributed by atoms with Crippen LogP contribution < -0.4 is 0 Å². The minimum absolute atomic E-state index is 0.455. The van der Waals surface area contributed by atoms with Gasteiger partial charge in [0.25, 0.3) is 0 Å². The number of aromatic hydroxyl groups is 1. The quantitative estimate of drug-likeness (QED) is 0.717. The van der Waals surface area contributed by atoms with Crippen LogP contribution in [-0.2, 0) is 0 Å². The molecular formula is C10H12OS. The molecule has 2 heteroatoms. The van der Waals surface area contributed by atoms with Crippen LogP contribution in [0.5, 0.6) is 5.75 Å². The van der Waals surface area contributed by atoms with Crippen LogP contribution >= 0.6 is 11.8 Å². The van der Waals surface area contributed by atoms with Gasteiger partial charge in [0, 0.05) is 10.8 Å². The first kappa shape index (κ1) is 7.99. The van der Waals surface area contributed by atoms with Gasteiger partial charge in [-0.1, -0.05) is 18.2 Å². The van der Waals surface area contributed by atoms with Crippen molar-refractivity contribution in [1.29, 1.82) is 0 Å². The Morgan fingerprint density at radius 3 is 2.83 bits per heavy atom. The van der Waals surface area contributed by atoms with Gasteiger partial charge in [-0.3, -0.25) is 0 Å². The molecule has 0 aliphatic carbocycles. The predicted octanol–water partition coefficient (Wildman–Crippen LogP) is 2.96. The van der Waals surface area contributed by atoms with E-state index in [1.165, 1.54) is 18.6 Å². The zero-order valence-corrected chi connectivity index (χ0v) is 7.68. The maximum atomic E-state index is 9.56. The van der Waals surface area contributed by atoms with E-state index in [-0.39, 0.29) is 0 Å². The van der Waals surface area contributed by atoms with E-state index < -0.39 is 0 Å². The Hall–Kier alpha value is -0.630. The summed E-state index contributed by atoms with van der Waals surface area (Å²) >= 11 is 1.95. The van der Waals surface area contributed by atoms with Gasteiger partial charge in [0.1, 0.15) is 5.75 Å². The van der Waals surface area contributed by atoms with E-state index in [2.05, 4.69) is 0 Å². The normalized spacial score (nSPS) is 22.8. The molecule has 1 aromatic rings. The monoisotopic (exact) mass is 180 g/mol. The van der Waals surface area contributed by atoms with Gasteiger partial charge in [-0.05, 0) is 24.7 Å². The Morgan fingerprint density at radius 2 is 2.17 bits per heavy atom. The average molecular weight is 180 g/mol. The average Bonchev–Trinajstić information content (AvgIpc) is 2.57. The second-order valence-electron chi connectivity index (χ2n) is 3.06. The fraction of sp³-hybridized carbons (Fsp3) is 0.400. The van der Waals surface area contributed by atoms with Crippen molar-refractivity contribution in [2.45, 2.75) is 18.1 Å². The largest absolute Gasteiger partial charge is 0.508 e. The highest BCUT2D eigenvalue weighted by molar-refractivity contribution is 7.99. The molecule has 1 nitrogen and oxygen atoms in total. The Balaban J connectivity index is 2.26. The van der Waals surface area contributed by atoms with Gasteiger partial charge in [-0.15, -0.1) is 0 Å². The summed E-state index contributed by atoms with van der Waals surface area (Å²) in [5, 5.41) is 10.1. The maximum Gasteiger partial charge on any atom is 0.119 e. The summed E-state index contributed by atoms with van der Waals surface area (Å²) in [6, 6.07) is 7.67. The van der Waals surface area contributed by atoms with E-state index in [9.17, 15) is 5.11 Å². The smallest absolute Gasteiger partial charge is 0.119 e. The second-order valence-corrected chi connectivity index (χ2v) is 4.37. The summed E-state index contributed by atoms with van der Waals surface area (Å²) in [5.74, 6) is 1.69. The van der Waals surface area contributed by atoms with Crippen LogP contribution in [0, 0.1) is 0 Å². The number of thioether (sulfide) groups is 1. The molecule has 1 unspecified atom stereocenters. The summed E-state index contributed by atoms with van der Waals surface area (Å²) in [7, 11) is 0. The van der Waals surface area contributed by atoms with E-state index in [1.54, 1.807) is 6.07 Å². The molecule has 0 aromatic heterocycles. The van der Waals surface area contributed by atoms with Crippen LogP contribution in [0.2, 0.25) is 0 Å². The van der Waals surface area contributed by atoms with Gasteiger partial charge < -0.3 is 5.11 Å². The Morgan fingerprint density at radius 1 is 1.33 bits per heavy atom. The van der Waals surface area contributed by atoms with E-state index in [0.717, 1.165) is 5.56 Å². The van der Waals surface area contributed by atoms with Crippen molar-refractivity contribution in [1.82, 2.24) is 0 Å². The zero-order valence-electron chi connectivity index (χ0n) is 6.86. The van der Waals surface area contributed by atoms with E-state index in [4.69, 9.17) is 0 Å². The molecule has 64 valence electrons. The molecule has 1 aromatic carbocycles.